The van der Waals surface area contributed by atoms with Crippen LogP contribution in [0.5, 0.6) is 0 Å². The molecule has 0 radical (unpaired) electrons. The van der Waals surface area contributed by atoms with Crippen LogP contribution in [0.25, 0.3) is 0 Å². The Balaban J connectivity index is 2.16. The Kier molecular flexibility index (Phi) is 1.35. The van der Waals surface area contributed by atoms with E-state index in [1.807, 2.05) is 14.1 Å². The van der Waals surface area contributed by atoms with Crippen molar-refractivity contribution >= 4 is 5.91 Å². The second-order valence-corrected chi connectivity index (χ2v) is 4.44. The zero-order valence-electron chi connectivity index (χ0n) is 7.76. The quantitative estimate of drug-likeness (QED) is 0.646. The molecule has 2 aliphatic carbocycles. The fourth-order valence-corrected chi connectivity index (χ4v) is 2.09. The number of rotatable bonds is 2. The van der Waals surface area contributed by atoms with Gasteiger partial charge in [-0.2, -0.15) is 0 Å². The van der Waals surface area contributed by atoms with E-state index in [9.17, 15) is 4.79 Å². The van der Waals surface area contributed by atoms with Gasteiger partial charge in [-0.15, -0.1) is 0 Å². The summed E-state index contributed by atoms with van der Waals surface area (Å²) in [5.41, 5.74) is 5.79. The molecule has 1 amide bonds. The Morgan fingerprint density at radius 1 is 1.25 bits per heavy atom. The van der Waals surface area contributed by atoms with Crippen LogP contribution in [-0.2, 0) is 4.79 Å². The lowest BCUT2D eigenvalue weighted by Crippen LogP contribution is -2.45. The third-order valence-corrected chi connectivity index (χ3v) is 3.31. The van der Waals surface area contributed by atoms with Gasteiger partial charge in [-0.05, 0) is 25.7 Å². The van der Waals surface area contributed by atoms with E-state index in [1.165, 1.54) is 0 Å². The van der Waals surface area contributed by atoms with Gasteiger partial charge in [0, 0.05) is 19.6 Å². The first-order valence-electron chi connectivity index (χ1n) is 4.53. The Hall–Kier alpha value is -0.570. The van der Waals surface area contributed by atoms with Crippen molar-refractivity contribution in [3.63, 3.8) is 0 Å². The number of carbonyl (C=O) groups is 1. The average molecular weight is 168 g/mol. The van der Waals surface area contributed by atoms with E-state index in [-0.39, 0.29) is 16.9 Å². The van der Waals surface area contributed by atoms with Crippen LogP contribution in [0.4, 0.5) is 0 Å². The van der Waals surface area contributed by atoms with Crippen LogP contribution in [0.15, 0.2) is 0 Å². The second kappa shape index (κ2) is 2.02. The number of hydrogen-bond acceptors (Lipinski definition) is 2. The topological polar surface area (TPSA) is 46.3 Å². The minimum absolute atomic E-state index is 0.131. The molecule has 0 unspecified atom stereocenters. The zero-order chi connectivity index (χ0) is 8.98. The van der Waals surface area contributed by atoms with Crippen LogP contribution in [0.2, 0.25) is 0 Å². The lowest BCUT2D eigenvalue weighted by molar-refractivity contribution is -0.135. The summed E-state index contributed by atoms with van der Waals surface area (Å²) in [4.78, 5) is 13.4. The van der Waals surface area contributed by atoms with Gasteiger partial charge < -0.3 is 10.6 Å². The van der Waals surface area contributed by atoms with Crippen molar-refractivity contribution in [2.45, 2.75) is 31.2 Å². The summed E-state index contributed by atoms with van der Waals surface area (Å²) in [6, 6.07) is 0. The summed E-state index contributed by atoms with van der Waals surface area (Å²) in [6.45, 7) is 0. The minimum atomic E-state index is -0.156. The lowest BCUT2D eigenvalue weighted by Gasteiger charge is -2.25. The fourth-order valence-electron chi connectivity index (χ4n) is 2.09. The van der Waals surface area contributed by atoms with Crippen LogP contribution < -0.4 is 5.73 Å². The van der Waals surface area contributed by atoms with Crippen molar-refractivity contribution in [1.82, 2.24) is 4.90 Å². The summed E-state index contributed by atoms with van der Waals surface area (Å²) < 4.78 is 0. The van der Waals surface area contributed by atoms with E-state index in [0.29, 0.717) is 0 Å². The molecule has 0 aromatic carbocycles. The molecule has 2 N–H and O–H groups in total. The molecule has 0 spiro atoms. The van der Waals surface area contributed by atoms with Crippen LogP contribution in [-0.4, -0.2) is 30.4 Å². The van der Waals surface area contributed by atoms with Crippen LogP contribution in [0.3, 0.4) is 0 Å². The van der Waals surface area contributed by atoms with Crippen molar-refractivity contribution in [2.24, 2.45) is 11.1 Å². The normalized spacial score (nSPS) is 27.9. The van der Waals surface area contributed by atoms with Gasteiger partial charge >= 0.3 is 0 Å². The largest absolute Gasteiger partial charge is 0.348 e. The fraction of sp³-hybridized carbons (Fsp3) is 0.889. The van der Waals surface area contributed by atoms with Crippen molar-refractivity contribution < 1.29 is 4.79 Å². The molecule has 0 aliphatic heterocycles. The predicted molar refractivity (Wildman–Crippen MR) is 46.5 cm³/mol. The summed E-state index contributed by atoms with van der Waals surface area (Å²) in [5.74, 6) is 0.238. The number of nitrogens with two attached hydrogens (primary N) is 1. The smallest absolute Gasteiger partial charge is 0.230 e. The molecule has 68 valence electrons. The Morgan fingerprint density at radius 2 is 1.75 bits per heavy atom. The van der Waals surface area contributed by atoms with Crippen molar-refractivity contribution in [3.05, 3.63) is 0 Å². The zero-order valence-corrected chi connectivity index (χ0v) is 7.76. The SMILES string of the molecule is CN(C)C(=O)C1(C2(N)CC2)CC1. The van der Waals surface area contributed by atoms with Crippen molar-refractivity contribution in [2.75, 3.05) is 14.1 Å². The Bertz CT molecular complexity index is 227. The highest BCUT2D eigenvalue weighted by Gasteiger charge is 2.68. The van der Waals surface area contributed by atoms with Gasteiger partial charge in [0.25, 0.3) is 0 Å². The monoisotopic (exact) mass is 168 g/mol. The molecule has 0 heterocycles. The minimum Gasteiger partial charge on any atom is -0.348 e. The number of hydrogen-bond donors (Lipinski definition) is 1. The van der Waals surface area contributed by atoms with Crippen LogP contribution in [0.1, 0.15) is 25.7 Å². The van der Waals surface area contributed by atoms with E-state index >= 15 is 0 Å². The molecular formula is C9H16N2O. The molecule has 3 nitrogen and oxygen atoms in total. The molecule has 0 bridgehead atoms. The molecule has 2 fully saturated rings. The third-order valence-electron chi connectivity index (χ3n) is 3.31. The first-order valence-corrected chi connectivity index (χ1v) is 4.53. The maximum absolute atomic E-state index is 11.8. The summed E-state index contributed by atoms with van der Waals surface area (Å²) >= 11 is 0. The van der Waals surface area contributed by atoms with E-state index in [0.717, 1.165) is 25.7 Å². The predicted octanol–water partition coefficient (Wildman–Crippen LogP) is 0.346. The standard InChI is InChI=1S/C9H16N2O/c1-11(2)7(12)8(3-4-8)9(10)5-6-9/h3-6,10H2,1-2H3. The van der Waals surface area contributed by atoms with Crippen molar-refractivity contribution in [1.29, 1.82) is 0 Å². The first-order chi connectivity index (χ1) is 5.52. The summed E-state index contributed by atoms with van der Waals surface area (Å²) in [7, 11) is 3.63. The first kappa shape index (κ1) is 8.05. The van der Waals surface area contributed by atoms with Crippen LogP contribution >= 0.6 is 0 Å². The highest BCUT2D eigenvalue weighted by Crippen LogP contribution is 2.63. The number of amides is 1. The van der Waals surface area contributed by atoms with Gasteiger partial charge in [-0.25, -0.2) is 0 Å². The van der Waals surface area contributed by atoms with E-state index in [1.54, 1.807) is 4.90 Å². The highest BCUT2D eigenvalue weighted by molar-refractivity contribution is 5.87. The van der Waals surface area contributed by atoms with E-state index < -0.39 is 0 Å². The van der Waals surface area contributed by atoms with Gasteiger partial charge in [0.05, 0.1) is 5.41 Å². The van der Waals surface area contributed by atoms with E-state index in [4.69, 9.17) is 5.73 Å². The molecule has 0 atom stereocenters. The number of carbonyl (C=O) groups excluding carboxylic acids is 1. The molecule has 0 saturated heterocycles. The third kappa shape index (κ3) is 0.829. The lowest BCUT2D eigenvalue weighted by atomic mass is 9.93. The van der Waals surface area contributed by atoms with Gasteiger partial charge in [0.15, 0.2) is 0 Å². The maximum atomic E-state index is 11.8. The van der Waals surface area contributed by atoms with Gasteiger partial charge in [0.1, 0.15) is 0 Å². The summed E-state index contributed by atoms with van der Waals surface area (Å²) in [5, 5.41) is 0. The summed E-state index contributed by atoms with van der Waals surface area (Å²) in [6.07, 6.45) is 4.07. The molecule has 0 aromatic rings. The van der Waals surface area contributed by atoms with E-state index in [2.05, 4.69) is 0 Å². The van der Waals surface area contributed by atoms with Gasteiger partial charge in [0.2, 0.25) is 5.91 Å². The maximum Gasteiger partial charge on any atom is 0.230 e. The number of nitrogens with zero attached hydrogens (tertiary/aromatic N) is 1. The highest BCUT2D eigenvalue weighted by atomic mass is 16.2. The van der Waals surface area contributed by atoms with Crippen LogP contribution in [0, 0.1) is 5.41 Å². The van der Waals surface area contributed by atoms with Gasteiger partial charge in [-0.3, -0.25) is 4.79 Å². The average Bonchev–Trinajstić information content (AvgIpc) is 2.80. The molecule has 2 aliphatic rings. The Morgan fingerprint density at radius 3 is 2.00 bits per heavy atom. The molecular weight excluding hydrogens is 152 g/mol. The van der Waals surface area contributed by atoms with Gasteiger partial charge in [-0.1, -0.05) is 0 Å². The molecule has 2 saturated carbocycles. The molecule has 0 aromatic heterocycles. The molecule has 12 heavy (non-hydrogen) atoms. The molecule has 3 heteroatoms. The molecule has 2 rings (SSSR count). The van der Waals surface area contributed by atoms with Crippen molar-refractivity contribution in [3.8, 4) is 0 Å². The Labute approximate surface area is 72.9 Å². The second-order valence-electron chi connectivity index (χ2n) is 4.44.